The number of nitrogens with zero attached hydrogens (tertiary/aromatic N) is 3. The standard InChI is InChI=1S/C23H20BrF2N5O3/c1-2-33-20-7-13(3-4-14(20)8-22-30-23(32)34-31-22)19-11-21(29-12-28-19)27-6-5-16-17(25)9-15(24)10-18(16)26/h3-4,7,9-12H,2,5-6,8H2,1H3,(H,27,28,29)(H,30,31,32). The van der Waals surface area contributed by atoms with Crippen LogP contribution in [0.5, 0.6) is 5.75 Å². The van der Waals surface area contributed by atoms with Gasteiger partial charge in [0.2, 0.25) is 0 Å². The van der Waals surface area contributed by atoms with Gasteiger partial charge in [-0.25, -0.2) is 23.5 Å². The molecule has 0 spiro atoms. The Morgan fingerprint density at radius 3 is 2.65 bits per heavy atom. The molecule has 0 unspecified atom stereocenters. The molecule has 0 aliphatic carbocycles. The summed E-state index contributed by atoms with van der Waals surface area (Å²) in [7, 11) is 0. The highest BCUT2D eigenvalue weighted by Crippen LogP contribution is 2.28. The number of ether oxygens (including phenoxy) is 1. The van der Waals surface area contributed by atoms with Gasteiger partial charge in [0.05, 0.1) is 12.3 Å². The Kier molecular flexibility index (Phi) is 7.31. The van der Waals surface area contributed by atoms with Gasteiger partial charge in [-0.15, -0.1) is 0 Å². The summed E-state index contributed by atoms with van der Waals surface area (Å²) in [4.78, 5) is 22.2. The predicted octanol–water partition coefficient (Wildman–Crippen LogP) is 4.50. The third kappa shape index (κ3) is 5.66. The minimum atomic E-state index is -0.615. The van der Waals surface area contributed by atoms with Crippen LogP contribution >= 0.6 is 15.9 Å². The summed E-state index contributed by atoms with van der Waals surface area (Å²) in [5.41, 5.74) is 2.26. The molecule has 0 saturated heterocycles. The summed E-state index contributed by atoms with van der Waals surface area (Å²) in [6.45, 7) is 2.61. The molecule has 11 heteroatoms. The van der Waals surface area contributed by atoms with Crippen LogP contribution in [0, 0.1) is 11.6 Å². The van der Waals surface area contributed by atoms with Gasteiger partial charge in [0.25, 0.3) is 0 Å². The number of hydrogen-bond donors (Lipinski definition) is 2. The van der Waals surface area contributed by atoms with Gasteiger partial charge in [0.15, 0.2) is 5.82 Å². The molecule has 0 fully saturated rings. The molecule has 2 aromatic carbocycles. The summed E-state index contributed by atoms with van der Waals surface area (Å²) in [6.07, 6.45) is 1.89. The van der Waals surface area contributed by atoms with Gasteiger partial charge in [-0.3, -0.25) is 9.51 Å². The summed E-state index contributed by atoms with van der Waals surface area (Å²) in [5, 5.41) is 6.77. The predicted molar refractivity (Wildman–Crippen MR) is 125 cm³/mol. The van der Waals surface area contributed by atoms with E-state index in [1.807, 2.05) is 25.1 Å². The van der Waals surface area contributed by atoms with Crippen LogP contribution in [-0.4, -0.2) is 33.3 Å². The normalized spacial score (nSPS) is 10.9. The lowest BCUT2D eigenvalue weighted by atomic mass is 10.0. The van der Waals surface area contributed by atoms with Crippen LogP contribution in [0.1, 0.15) is 23.9 Å². The Balaban J connectivity index is 1.49. The number of nitrogens with one attached hydrogen (secondary N) is 2. The fourth-order valence-corrected chi connectivity index (χ4v) is 3.81. The number of rotatable bonds is 9. The van der Waals surface area contributed by atoms with E-state index in [1.165, 1.54) is 18.5 Å². The summed E-state index contributed by atoms with van der Waals surface area (Å²) in [5.74, 6) is -0.282. The minimum absolute atomic E-state index is 0.00961. The molecule has 176 valence electrons. The smallest absolute Gasteiger partial charge is 0.438 e. The Morgan fingerprint density at radius 1 is 1.15 bits per heavy atom. The summed E-state index contributed by atoms with van der Waals surface area (Å²) < 4.78 is 38.7. The summed E-state index contributed by atoms with van der Waals surface area (Å²) in [6, 6.07) is 9.79. The van der Waals surface area contributed by atoms with Crippen molar-refractivity contribution >= 4 is 21.7 Å². The minimum Gasteiger partial charge on any atom is -0.494 e. The SMILES string of the molecule is CCOc1cc(-c2cc(NCCc3c(F)cc(Br)cc3F)ncn2)ccc1Cc1noc(=O)[nH]1. The molecule has 0 saturated carbocycles. The van der Waals surface area contributed by atoms with Crippen molar-refractivity contribution in [3.63, 3.8) is 0 Å². The van der Waals surface area contributed by atoms with E-state index in [2.05, 4.69) is 45.9 Å². The molecule has 2 aromatic heterocycles. The second-order valence-corrected chi connectivity index (χ2v) is 8.20. The molecule has 0 aliphatic heterocycles. The molecule has 34 heavy (non-hydrogen) atoms. The number of halogens is 3. The second-order valence-electron chi connectivity index (χ2n) is 7.29. The molecule has 0 bridgehead atoms. The fraction of sp³-hybridized carbons (Fsp3) is 0.217. The van der Waals surface area contributed by atoms with Crippen molar-refractivity contribution in [1.29, 1.82) is 0 Å². The van der Waals surface area contributed by atoms with Crippen molar-refractivity contribution in [2.75, 3.05) is 18.5 Å². The van der Waals surface area contributed by atoms with Crippen LogP contribution in [-0.2, 0) is 12.8 Å². The third-order valence-electron chi connectivity index (χ3n) is 4.96. The second kappa shape index (κ2) is 10.6. The fourth-order valence-electron chi connectivity index (χ4n) is 3.40. The van der Waals surface area contributed by atoms with Gasteiger partial charge < -0.3 is 10.1 Å². The Hall–Kier alpha value is -3.60. The molecule has 2 heterocycles. The molecule has 4 rings (SSSR count). The van der Waals surface area contributed by atoms with Crippen molar-refractivity contribution in [2.45, 2.75) is 19.8 Å². The van der Waals surface area contributed by atoms with Gasteiger partial charge in [-0.05, 0) is 31.5 Å². The van der Waals surface area contributed by atoms with Crippen LogP contribution < -0.4 is 15.8 Å². The zero-order valence-electron chi connectivity index (χ0n) is 18.1. The average Bonchev–Trinajstić information content (AvgIpc) is 3.21. The molecular formula is C23H20BrF2N5O3. The molecule has 2 N–H and O–H groups in total. The zero-order chi connectivity index (χ0) is 24.1. The first-order chi connectivity index (χ1) is 16.4. The topological polar surface area (TPSA) is 106 Å². The molecule has 0 aliphatic rings. The van der Waals surface area contributed by atoms with Crippen LogP contribution in [0.4, 0.5) is 14.6 Å². The van der Waals surface area contributed by atoms with E-state index in [4.69, 9.17) is 4.74 Å². The lowest BCUT2D eigenvalue weighted by Gasteiger charge is -2.12. The van der Waals surface area contributed by atoms with Crippen LogP contribution in [0.3, 0.4) is 0 Å². The quantitative estimate of drug-likeness (QED) is 0.327. The maximum absolute atomic E-state index is 14.0. The lowest BCUT2D eigenvalue weighted by molar-refractivity contribution is 0.336. The molecule has 4 aromatic rings. The van der Waals surface area contributed by atoms with E-state index < -0.39 is 17.4 Å². The number of anilines is 1. The van der Waals surface area contributed by atoms with Crippen LogP contribution in [0.2, 0.25) is 0 Å². The third-order valence-corrected chi connectivity index (χ3v) is 5.42. The molecule has 0 radical (unpaired) electrons. The molecular weight excluding hydrogens is 512 g/mol. The first-order valence-corrected chi connectivity index (χ1v) is 11.2. The summed E-state index contributed by atoms with van der Waals surface area (Å²) >= 11 is 3.08. The van der Waals surface area contributed by atoms with Crippen molar-refractivity contribution < 1.29 is 18.0 Å². The maximum atomic E-state index is 14.0. The van der Waals surface area contributed by atoms with E-state index >= 15 is 0 Å². The monoisotopic (exact) mass is 531 g/mol. The highest BCUT2D eigenvalue weighted by Gasteiger charge is 2.13. The van der Waals surface area contributed by atoms with Gasteiger partial charge >= 0.3 is 5.76 Å². The first-order valence-electron chi connectivity index (χ1n) is 10.4. The maximum Gasteiger partial charge on any atom is 0.438 e. The Bertz CT molecular complexity index is 1340. The zero-order valence-corrected chi connectivity index (χ0v) is 19.7. The van der Waals surface area contributed by atoms with E-state index in [0.29, 0.717) is 40.6 Å². The number of aromatic amines is 1. The molecule has 8 nitrogen and oxygen atoms in total. The molecule has 0 amide bonds. The van der Waals surface area contributed by atoms with Crippen LogP contribution in [0.15, 0.2) is 56.5 Å². The highest BCUT2D eigenvalue weighted by molar-refractivity contribution is 9.10. The van der Waals surface area contributed by atoms with Gasteiger partial charge in [0.1, 0.15) is 29.5 Å². The van der Waals surface area contributed by atoms with Crippen molar-refractivity contribution in [3.05, 3.63) is 86.3 Å². The van der Waals surface area contributed by atoms with E-state index in [9.17, 15) is 13.6 Å². The van der Waals surface area contributed by atoms with E-state index in [0.717, 1.165) is 11.1 Å². The largest absolute Gasteiger partial charge is 0.494 e. The Morgan fingerprint density at radius 2 is 1.94 bits per heavy atom. The lowest BCUT2D eigenvalue weighted by Crippen LogP contribution is -2.09. The number of H-pyrrole nitrogens is 1. The number of hydrogen-bond acceptors (Lipinski definition) is 7. The molecule has 0 atom stereocenters. The van der Waals surface area contributed by atoms with Gasteiger partial charge in [-0.1, -0.05) is 33.2 Å². The van der Waals surface area contributed by atoms with Crippen LogP contribution in [0.25, 0.3) is 11.3 Å². The van der Waals surface area contributed by atoms with E-state index in [-0.39, 0.29) is 18.5 Å². The van der Waals surface area contributed by atoms with Crippen molar-refractivity contribution in [2.24, 2.45) is 0 Å². The first kappa shape index (κ1) is 23.6. The van der Waals surface area contributed by atoms with Gasteiger partial charge in [-0.2, -0.15) is 0 Å². The number of benzene rings is 2. The number of aromatic nitrogens is 4. The van der Waals surface area contributed by atoms with E-state index in [1.54, 1.807) is 6.07 Å². The average molecular weight is 532 g/mol. The Labute approximate surface area is 201 Å². The van der Waals surface area contributed by atoms with Gasteiger partial charge in [0, 0.05) is 40.2 Å². The highest BCUT2D eigenvalue weighted by atomic mass is 79.9. The van der Waals surface area contributed by atoms with Crippen molar-refractivity contribution in [3.8, 4) is 17.0 Å². The van der Waals surface area contributed by atoms with Crippen molar-refractivity contribution in [1.82, 2.24) is 20.1 Å².